The summed E-state index contributed by atoms with van der Waals surface area (Å²) >= 11 is 0. The highest BCUT2D eigenvalue weighted by molar-refractivity contribution is 5.92. The van der Waals surface area contributed by atoms with Crippen molar-refractivity contribution in [3.05, 3.63) is 53.9 Å². The van der Waals surface area contributed by atoms with Gasteiger partial charge in [-0.2, -0.15) is 4.98 Å². The fraction of sp³-hybridized carbons (Fsp3) is 0.286. The van der Waals surface area contributed by atoms with Crippen molar-refractivity contribution >= 4 is 11.6 Å². The molecule has 146 valence electrons. The molecule has 0 fully saturated rings. The van der Waals surface area contributed by atoms with Crippen molar-refractivity contribution in [2.45, 2.75) is 26.2 Å². The fourth-order valence-corrected chi connectivity index (χ4v) is 2.70. The molecule has 2 aromatic carbocycles. The maximum absolute atomic E-state index is 12.3. The first-order chi connectivity index (χ1) is 13.6. The number of rotatable bonds is 8. The summed E-state index contributed by atoms with van der Waals surface area (Å²) in [7, 11) is 3.11. The second-order valence-electron chi connectivity index (χ2n) is 6.18. The van der Waals surface area contributed by atoms with Gasteiger partial charge in [-0.15, -0.1) is 0 Å². The SMILES string of the molecule is CCc1ccc(-c2noc(CCC(=O)Nc3ccc(OC)cc3OC)n2)cc1. The molecule has 0 aliphatic carbocycles. The van der Waals surface area contributed by atoms with Crippen LogP contribution >= 0.6 is 0 Å². The van der Waals surface area contributed by atoms with Gasteiger partial charge in [-0.05, 0) is 24.1 Å². The minimum Gasteiger partial charge on any atom is -0.497 e. The zero-order chi connectivity index (χ0) is 19.9. The van der Waals surface area contributed by atoms with E-state index in [1.165, 1.54) is 12.7 Å². The summed E-state index contributed by atoms with van der Waals surface area (Å²) in [6.45, 7) is 2.11. The van der Waals surface area contributed by atoms with E-state index in [4.69, 9.17) is 14.0 Å². The summed E-state index contributed by atoms with van der Waals surface area (Å²) in [5, 5.41) is 6.82. The monoisotopic (exact) mass is 381 g/mol. The molecule has 1 amide bonds. The van der Waals surface area contributed by atoms with Gasteiger partial charge in [-0.3, -0.25) is 4.79 Å². The molecular formula is C21H23N3O4. The van der Waals surface area contributed by atoms with Crippen molar-refractivity contribution < 1.29 is 18.8 Å². The van der Waals surface area contributed by atoms with E-state index < -0.39 is 0 Å². The van der Waals surface area contributed by atoms with Crippen LogP contribution < -0.4 is 14.8 Å². The van der Waals surface area contributed by atoms with Crippen LogP contribution in [0.5, 0.6) is 11.5 Å². The summed E-state index contributed by atoms with van der Waals surface area (Å²) in [6, 6.07) is 13.2. The number of nitrogens with zero attached hydrogens (tertiary/aromatic N) is 2. The maximum Gasteiger partial charge on any atom is 0.227 e. The number of aryl methyl sites for hydroxylation is 2. The first-order valence-electron chi connectivity index (χ1n) is 9.06. The van der Waals surface area contributed by atoms with Crippen LogP contribution in [0.25, 0.3) is 11.4 Å². The van der Waals surface area contributed by atoms with E-state index in [9.17, 15) is 4.79 Å². The van der Waals surface area contributed by atoms with E-state index in [2.05, 4.69) is 22.4 Å². The molecule has 3 aromatic rings. The summed E-state index contributed by atoms with van der Waals surface area (Å²) in [6.07, 6.45) is 1.54. The van der Waals surface area contributed by atoms with Gasteiger partial charge in [0, 0.05) is 24.5 Å². The van der Waals surface area contributed by atoms with Crippen molar-refractivity contribution in [1.29, 1.82) is 0 Å². The molecule has 0 aliphatic rings. The van der Waals surface area contributed by atoms with Crippen molar-refractivity contribution in [3.8, 4) is 22.9 Å². The number of carbonyl (C=O) groups excluding carboxylic acids is 1. The molecule has 1 N–H and O–H groups in total. The van der Waals surface area contributed by atoms with E-state index in [0.29, 0.717) is 35.3 Å². The average Bonchev–Trinajstić information content (AvgIpc) is 3.21. The van der Waals surface area contributed by atoms with Gasteiger partial charge in [0.25, 0.3) is 0 Å². The Hall–Kier alpha value is -3.35. The molecule has 1 aromatic heterocycles. The number of anilines is 1. The molecule has 7 nitrogen and oxygen atoms in total. The Bertz CT molecular complexity index is 935. The van der Waals surface area contributed by atoms with Gasteiger partial charge in [0.05, 0.1) is 19.9 Å². The van der Waals surface area contributed by atoms with Crippen molar-refractivity contribution in [1.82, 2.24) is 10.1 Å². The van der Waals surface area contributed by atoms with Crippen LogP contribution in [-0.2, 0) is 17.6 Å². The lowest BCUT2D eigenvalue weighted by Crippen LogP contribution is -2.13. The van der Waals surface area contributed by atoms with Crippen molar-refractivity contribution in [3.63, 3.8) is 0 Å². The van der Waals surface area contributed by atoms with Gasteiger partial charge in [-0.1, -0.05) is 36.3 Å². The number of carbonyl (C=O) groups is 1. The Labute approximate surface area is 163 Å². The molecule has 0 bridgehead atoms. The van der Waals surface area contributed by atoms with E-state index in [-0.39, 0.29) is 12.3 Å². The highest BCUT2D eigenvalue weighted by atomic mass is 16.5. The molecule has 0 saturated heterocycles. The lowest BCUT2D eigenvalue weighted by atomic mass is 10.1. The first-order valence-corrected chi connectivity index (χ1v) is 9.06. The van der Waals surface area contributed by atoms with Crippen LogP contribution in [0, 0.1) is 0 Å². The Balaban J connectivity index is 1.58. The Morgan fingerprint density at radius 2 is 1.89 bits per heavy atom. The second kappa shape index (κ2) is 9.03. The fourth-order valence-electron chi connectivity index (χ4n) is 2.70. The molecule has 0 aliphatic heterocycles. The third-order valence-corrected chi connectivity index (χ3v) is 4.34. The lowest BCUT2D eigenvalue weighted by Gasteiger charge is -2.11. The average molecular weight is 381 g/mol. The Kier molecular flexibility index (Phi) is 6.26. The number of hydrogen-bond donors (Lipinski definition) is 1. The summed E-state index contributed by atoms with van der Waals surface area (Å²) < 4.78 is 15.7. The Morgan fingerprint density at radius 3 is 2.57 bits per heavy atom. The van der Waals surface area contributed by atoms with Gasteiger partial charge in [0.2, 0.25) is 17.6 Å². The van der Waals surface area contributed by atoms with Gasteiger partial charge < -0.3 is 19.3 Å². The second-order valence-corrected chi connectivity index (χ2v) is 6.18. The van der Waals surface area contributed by atoms with E-state index in [1.54, 1.807) is 25.3 Å². The molecule has 0 radical (unpaired) electrons. The summed E-state index contributed by atoms with van der Waals surface area (Å²) in [5.41, 5.74) is 2.72. The van der Waals surface area contributed by atoms with Crippen LogP contribution in [0.3, 0.4) is 0 Å². The molecule has 0 saturated carbocycles. The number of benzene rings is 2. The third-order valence-electron chi connectivity index (χ3n) is 4.34. The van der Waals surface area contributed by atoms with Gasteiger partial charge in [0.15, 0.2) is 0 Å². The molecule has 1 heterocycles. The highest BCUT2D eigenvalue weighted by Gasteiger charge is 2.13. The van der Waals surface area contributed by atoms with Gasteiger partial charge >= 0.3 is 0 Å². The topological polar surface area (TPSA) is 86.5 Å². The van der Waals surface area contributed by atoms with Crippen LogP contribution in [-0.4, -0.2) is 30.3 Å². The maximum atomic E-state index is 12.3. The standard InChI is InChI=1S/C21H23N3O4/c1-4-14-5-7-15(8-6-14)21-23-20(28-24-21)12-11-19(25)22-17-10-9-16(26-2)13-18(17)27-3/h5-10,13H,4,11-12H2,1-3H3,(H,22,25). The summed E-state index contributed by atoms with van der Waals surface area (Å²) in [5.74, 6) is 1.96. The predicted octanol–water partition coefficient (Wildman–Crippen LogP) is 3.89. The number of ether oxygens (including phenoxy) is 2. The minimum absolute atomic E-state index is 0.171. The molecule has 3 rings (SSSR count). The number of nitrogens with one attached hydrogen (secondary N) is 1. The largest absolute Gasteiger partial charge is 0.497 e. The van der Waals surface area contributed by atoms with Gasteiger partial charge in [0.1, 0.15) is 11.5 Å². The van der Waals surface area contributed by atoms with E-state index in [0.717, 1.165) is 12.0 Å². The summed E-state index contributed by atoms with van der Waals surface area (Å²) in [4.78, 5) is 16.6. The lowest BCUT2D eigenvalue weighted by molar-refractivity contribution is -0.116. The van der Waals surface area contributed by atoms with Crippen LogP contribution in [0.4, 0.5) is 5.69 Å². The molecule has 0 unspecified atom stereocenters. The molecule has 0 spiro atoms. The number of aromatic nitrogens is 2. The Morgan fingerprint density at radius 1 is 1.11 bits per heavy atom. The van der Waals surface area contributed by atoms with E-state index >= 15 is 0 Å². The minimum atomic E-state index is -0.171. The molecule has 7 heteroatoms. The number of amides is 1. The quantitative estimate of drug-likeness (QED) is 0.637. The zero-order valence-corrected chi connectivity index (χ0v) is 16.2. The predicted molar refractivity (Wildman–Crippen MR) is 106 cm³/mol. The first kappa shape index (κ1) is 19.4. The van der Waals surface area contributed by atoms with Gasteiger partial charge in [-0.25, -0.2) is 0 Å². The van der Waals surface area contributed by atoms with Crippen LogP contribution in [0.1, 0.15) is 24.8 Å². The zero-order valence-electron chi connectivity index (χ0n) is 16.2. The number of hydrogen-bond acceptors (Lipinski definition) is 6. The molecular weight excluding hydrogens is 358 g/mol. The third kappa shape index (κ3) is 4.68. The van der Waals surface area contributed by atoms with E-state index in [1.807, 2.05) is 24.3 Å². The van der Waals surface area contributed by atoms with Crippen molar-refractivity contribution in [2.75, 3.05) is 19.5 Å². The smallest absolute Gasteiger partial charge is 0.227 e. The van der Waals surface area contributed by atoms with Crippen LogP contribution in [0.2, 0.25) is 0 Å². The highest BCUT2D eigenvalue weighted by Crippen LogP contribution is 2.29. The van der Waals surface area contributed by atoms with Crippen molar-refractivity contribution in [2.24, 2.45) is 0 Å². The number of methoxy groups -OCH3 is 2. The molecule has 0 atom stereocenters. The van der Waals surface area contributed by atoms with Crippen LogP contribution in [0.15, 0.2) is 47.0 Å². The molecule has 28 heavy (non-hydrogen) atoms. The normalized spacial score (nSPS) is 10.5.